The summed E-state index contributed by atoms with van der Waals surface area (Å²) < 4.78 is 13.2. The van der Waals surface area contributed by atoms with Crippen LogP contribution < -0.4 is 0 Å². The van der Waals surface area contributed by atoms with Crippen molar-refractivity contribution in [3.63, 3.8) is 0 Å². The van der Waals surface area contributed by atoms with Crippen LogP contribution in [-0.2, 0) is 0 Å². The van der Waals surface area contributed by atoms with Crippen molar-refractivity contribution < 1.29 is 19.1 Å². The summed E-state index contributed by atoms with van der Waals surface area (Å²) >= 11 is 0. The van der Waals surface area contributed by atoms with Gasteiger partial charge in [-0.15, -0.1) is 0 Å². The third kappa shape index (κ3) is 3.37. The Morgan fingerprint density at radius 1 is 0.811 bits per heavy atom. The summed E-state index contributed by atoms with van der Waals surface area (Å²) in [6.45, 7) is 1.79. The van der Waals surface area contributed by atoms with E-state index in [0.717, 1.165) is 11.1 Å². The van der Waals surface area contributed by atoms with Crippen molar-refractivity contribution >= 4 is 22.8 Å². The van der Waals surface area contributed by atoms with E-state index in [4.69, 9.17) is 0 Å². The van der Waals surface area contributed by atoms with Gasteiger partial charge >= 0.3 is 0 Å². The fraction of sp³-hybridized carbons (Fsp3) is 0.286. The fourth-order valence-electron chi connectivity index (χ4n) is 6.53. The maximum Gasteiger partial charge on any atom is 0.253 e. The maximum absolute atomic E-state index is 13.2. The Hall–Kier alpha value is -4.11. The van der Waals surface area contributed by atoms with Crippen LogP contribution in [0.4, 0.5) is 4.39 Å². The first kappa shape index (κ1) is 22.1. The number of likely N-dealkylation sites (tertiary alicyclic amines) is 2. The molecule has 3 heterocycles. The van der Waals surface area contributed by atoms with Crippen molar-refractivity contribution in [1.82, 2.24) is 25.2 Å². The minimum Gasteiger partial charge on any atom is -0.387 e. The van der Waals surface area contributed by atoms with Gasteiger partial charge in [-0.2, -0.15) is 15.4 Å². The minimum absolute atomic E-state index is 0.0455. The van der Waals surface area contributed by atoms with E-state index >= 15 is 0 Å². The van der Waals surface area contributed by atoms with E-state index in [0.29, 0.717) is 41.8 Å². The molecule has 3 aliphatic rings. The van der Waals surface area contributed by atoms with Gasteiger partial charge in [0, 0.05) is 42.6 Å². The van der Waals surface area contributed by atoms with Gasteiger partial charge in [0.05, 0.1) is 12.1 Å². The van der Waals surface area contributed by atoms with E-state index < -0.39 is 5.60 Å². The van der Waals surface area contributed by atoms with Gasteiger partial charge < -0.3 is 14.9 Å². The third-order valence-electron chi connectivity index (χ3n) is 8.47. The van der Waals surface area contributed by atoms with E-state index in [-0.39, 0.29) is 41.9 Å². The van der Waals surface area contributed by atoms with Crippen LogP contribution in [0.5, 0.6) is 0 Å². The van der Waals surface area contributed by atoms with Crippen molar-refractivity contribution in [3.05, 3.63) is 83.7 Å². The lowest BCUT2D eigenvalue weighted by molar-refractivity contribution is -0.145. The quantitative estimate of drug-likeness (QED) is 0.453. The van der Waals surface area contributed by atoms with Crippen LogP contribution in [-0.4, -0.2) is 73.9 Å². The van der Waals surface area contributed by atoms with Gasteiger partial charge in [-0.05, 0) is 59.5 Å². The number of nitrogens with zero attached hydrogens (tertiary/aromatic N) is 4. The molecule has 2 amide bonds. The first-order valence-electron chi connectivity index (χ1n) is 12.4. The molecule has 0 radical (unpaired) electrons. The number of aromatic nitrogens is 3. The van der Waals surface area contributed by atoms with Crippen LogP contribution in [0.25, 0.3) is 22.2 Å². The number of amides is 2. The molecule has 1 aromatic heterocycles. The van der Waals surface area contributed by atoms with Crippen molar-refractivity contribution in [2.45, 2.75) is 5.60 Å². The highest BCUT2D eigenvalue weighted by atomic mass is 19.1. The summed E-state index contributed by atoms with van der Waals surface area (Å²) in [6, 6.07) is 18.8. The van der Waals surface area contributed by atoms with E-state index in [1.165, 1.54) is 12.1 Å². The van der Waals surface area contributed by atoms with E-state index in [2.05, 4.69) is 15.4 Å². The minimum atomic E-state index is -0.973. The molecule has 0 bridgehead atoms. The first-order valence-corrected chi connectivity index (χ1v) is 12.4. The lowest BCUT2D eigenvalue weighted by Gasteiger charge is -2.50. The molecule has 3 aromatic carbocycles. The number of carbonyl (C=O) groups excluding carboxylic acids is 2. The Labute approximate surface area is 211 Å². The van der Waals surface area contributed by atoms with Crippen LogP contribution in [0.1, 0.15) is 20.7 Å². The number of carbonyl (C=O) groups is 2. The van der Waals surface area contributed by atoms with E-state index in [9.17, 15) is 19.1 Å². The van der Waals surface area contributed by atoms with Gasteiger partial charge in [0.25, 0.3) is 11.8 Å². The lowest BCUT2D eigenvalue weighted by Crippen LogP contribution is -2.61. The number of benzene rings is 3. The number of aromatic amines is 1. The van der Waals surface area contributed by atoms with Crippen molar-refractivity contribution in [2.75, 3.05) is 26.2 Å². The van der Waals surface area contributed by atoms with Crippen LogP contribution in [0.3, 0.4) is 0 Å². The molecule has 0 spiro atoms. The number of rotatable bonds is 3. The van der Waals surface area contributed by atoms with Crippen molar-refractivity contribution in [3.8, 4) is 11.1 Å². The Balaban J connectivity index is 1.03. The molecule has 9 heteroatoms. The molecule has 37 heavy (non-hydrogen) atoms. The Morgan fingerprint density at radius 3 is 2.14 bits per heavy atom. The second-order valence-corrected chi connectivity index (χ2v) is 10.4. The highest BCUT2D eigenvalue weighted by Crippen LogP contribution is 2.57. The zero-order chi connectivity index (χ0) is 25.3. The molecule has 4 aromatic rings. The number of halogens is 1. The Bertz CT molecular complexity index is 1540. The summed E-state index contributed by atoms with van der Waals surface area (Å²) in [5.74, 6) is -0.395. The van der Waals surface area contributed by atoms with Gasteiger partial charge in [0.15, 0.2) is 0 Å². The molecule has 1 saturated carbocycles. The standard InChI is InChI=1S/C28H24FN5O3/c29-20-8-5-17(6-9-20)16-1-3-18(4-2-16)26(35)34-14-23-21-12-33(13-22(21)28(23,37)15-34)27(36)19-7-10-24-25(11-19)31-32-30-24/h1-11,21-23,37H,12-15H2,(H,30,31,32)/t21-,22+,23?,28?/m0/s1. The first-order chi connectivity index (χ1) is 17.9. The Morgan fingerprint density at radius 2 is 1.41 bits per heavy atom. The predicted octanol–water partition coefficient (Wildman–Crippen LogP) is 2.97. The molecule has 4 atom stereocenters. The number of β-amino-alcohol motifs (C(OH)–C–C–N with tert-alkyl or cyclic N) is 1. The molecule has 8 nitrogen and oxygen atoms in total. The van der Waals surface area contributed by atoms with Crippen LogP contribution in [0, 0.1) is 23.6 Å². The molecule has 2 saturated heterocycles. The highest BCUT2D eigenvalue weighted by Gasteiger charge is 2.68. The maximum atomic E-state index is 13.2. The van der Waals surface area contributed by atoms with Gasteiger partial charge in [0.2, 0.25) is 0 Å². The molecule has 1 aliphatic carbocycles. The highest BCUT2D eigenvalue weighted by molar-refractivity contribution is 5.97. The number of hydrogen-bond acceptors (Lipinski definition) is 5. The van der Waals surface area contributed by atoms with E-state index in [1.807, 2.05) is 17.0 Å². The fourth-order valence-corrected chi connectivity index (χ4v) is 6.53. The number of nitrogens with one attached hydrogen (secondary N) is 1. The predicted molar refractivity (Wildman–Crippen MR) is 133 cm³/mol. The lowest BCUT2D eigenvalue weighted by atomic mass is 9.56. The SMILES string of the molecule is O=C(c1ccc2n[nH]nc2c1)N1C[C@@H]2C3CN(C(=O)c4ccc(-c5ccc(F)cc5)cc4)CC3(O)[C@@H]2C1. The second-order valence-electron chi connectivity index (χ2n) is 10.4. The summed E-state index contributed by atoms with van der Waals surface area (Å²) in [5.41, 5.74) is 3.27. The van der Waals surface area contributed by atoms with Crippen molar-refractivity contribution in [1.29, 1.82) is 0 Å². The molecule has 2 aliphatic heterocycles. The van der Waals surface area contributed by atoms with Gasteiger partial charge in [-0.1, -0.05) is 24.3 Å². The zero-order valence-corrected chi connectivity index (χ0v) is 19.8. The molecule has 2 unspecified atom stereocenters. The molecular weight excluding hydrogens is 473 g/mol. The van der Waals surface area contributed by atoms with Crippen LogP contribution >= 0.6 is 0 Å². The monoisotopic (exact) mass is 497 g/mol. The largest absolute Gasteiger partial charge is 0.387 e. The topological polar surface area (TPSA) is 102 Å². The van der Waals surface area contributed by atoms with Gasteiger partial charge in [-0.3, -0.25) is 9.59 Å². The molecule has 3 fully saturated rings. The van der Waals surface area contributed by atoms with Crippen LogP contribution in [0.2, 0.25) is 0 Å². The zero-order valence-electron chi connectivity index (χ0n) is 19.8. The molecule has 2 N–H and O–H groups in total. The van der Waals surface area contributed by atoms with Crippen molar-refractivity contribution in [2.24, 2.45) is 17.8 Å². The number of fused-ring (bicyclic) bond motifs is 5. The Kier molecular flexibility index (Phi) is 4.75. The van der Waals surface area contributed by atoms with Crippen LogP contribution in [0.15, 0.2) is 66.7 Å². The average molecular weight is 498 g/mol. The summed E-state index contributed by atoms with van der Waals surface area (Å²) in [6.07, 6.45) is 0. The molecular formula is C28H24FN5O3. The normalized spacial score (nSPS) is 26.2. The summed E-state index contributed by atoms with van der Waals surface area (Å²) in [4.78, 5) is 30.0. The van der Waals surface area contributed by atoms with E-state index in [1.54, 1.807) is 47.4 Å². The molecule has 186 valence electrons. The smallest absolute Gasteiger partial charge is 0.253 e. The number of aliphatic hydroxyl groups is 1. The summed E-state index contributed by atoms with van der Waals surface area (Å²) in [5, 5.41) is 22.2. The molecule has 7 rings (SSSR count). The summed E-state index contributed by atoms with van der Waals surface area (Å²) in [7, 11) is 0. The number of hydrogen-bond donors (Lipinski definition) is 2. The van der Waals surface area contributed by atoms with Gasteiger partial charge in [-0.25, -0.2) is 4.39 Å². The average Bonchev–Trinajstić information content (AvgIpc) is 3.63. The third-order valence-corrected chi connectivity index (χ3v) is 8.47. The van der Waals surface area contributed by atoms with Gasteiger partial charge in [0.1, 0.15) is 16.9 Å². The number of H-pyrrole nitrogens is 1. The second kappa shape index (κ2) is 7.94.